The highest BCUT2D eigenvalue weighted by atomic mass is 16.6. The van der Waals surface area contributed by atoms with Gasteiger partial charge in [0.15, 0.2) is 0 Å². The number of terminal acetylenes is 1. The summed E-state index contributed by atoms with van der Waals surface area (Å²) >= 11 is 0. The Morgan fingerprint density at radius 3 is 2.88 bits per heavy atom. The first-order valence-corrected chi connectivity index (χ1v) is 5.33. The van der Waals surface area contributed by atoms with Gasteiger partial charge in [-0.25, -0.2) is 9.59 Å². The maximum absolute atomic E-state index is 11.9. The van der Waals surface area contributed by atoms with Crippen LogP contribution in [-0.2, 0) is 19.1 Å². The molecule has 17 heavy (non-hydrogen) atoms. The van der Waals surface area contributed by atoms with E-state index in [1.807, 2.05) is 0 Å². The summed E-state index contributed by atoms with van der Waals surface area (Å²) in [6.45, 7) is 5.50. The van der Waals surface area contributed by atoms with E-state index in [4.69, 9.17) is 11.2 Å². The quantitative estimate of drug-likeness (QED) is 0.319. The molecule has 1 fully saturated rings. The molecule has 0 unspecified atom stereocenters. The van der Waals surface area contributed by atoms with Crippen LogP contribution in [0.2, 0.25) is 0 Å². The predicted octanol–water partition coefficient (Wildman–Crippen LogP) is 1.31. The molecular formula is C13H16O4. The van der Waals surface area contributed by atoms with Gasteiger partial charge in [0, 0.05) is 5.41 Å². The van der Waals surface area contributed by atoms with Gasteiger partial charge in [0.05, 0.1) is 13.7 Å². The zero-order valence-electron chi connectivity index (χ0n) is 10.1. The van der Waals surface area contributed by atoms with E-state index in [0.29, 0.717) is 12.8 Å². The zero-order valence-corrected chi connectivity index (χ0v) is 10.1. The standard InChI is InChI=1S/C13H16O4/c1-5-7-8-12(3)9-17-11(15)13(12,6-2)10(14)16-4/h2,5H,1,7-9H2,3-4H3/t12-,13-/m0/s1. The Bertz CT molecular complexity index is 393. The van der Waals surface area contributed by atoms with Crippen LogP contribution in [0.3, 0.4) is 0 Å². The van der Waals surface area contributed by atoms with Gasteiger partial charge in [-0.05, 0) is 12.8 Å². The highest BCUT2D eigenvalue weighted by Crippen LogP contribution is 2.49. The van der Waals surface area contributed by atoms with Crippen LogP contribution in [0.1, 0.15) is 19.8 Å². The van der Waals surface area contributed by atoms with Crippen molar-refractivity contribution in [2.24, 2.45) is 10.8 Å². The van der Waals surface area contributed by atoms with Gasteiger partial charge in [0.1, 0.15) is 0 Å². The molecule has 0 aliphatic carbocycles. The van der Waals surface area contributed by atoms with Crippen molar-refractivity contribution in [2.45, 2.75) is 19.8 Å². The van der Waals surface area contributed by atoms with Crippen molar-refractivity contribution in [2.75, 3.05) is 13.7 Å². The second kappa shape index (κ2) is 4.62. The number of esters is 2. The largest absolute Gasteiger partial charge is 0.467 e. The first-order chi connectivity index (χ1) is 7.98. The molecule has 0 bridgehead atoms. The number of ether oxygens (including phenoxy) is 2. The van der Waals surface area contributed by atoms with Crippen molar-refractivity contribution in [1.82, 2.24) is 0 Å². The highest BCUT2D eigenvalue weighted by Gasteiger charge is 2.65. The molecule has 1 aliphatic rings. The number of rotatable bonds is 4. The van der Waals surface area contributed by atoms with Crippen molar-refractivity contribution in [3.05, 3.63) is 12.7 Å². The van der Waals surface area contributed by atoms with Gasteiger partial charge in [-0.1, -0.05) is 18.9 Å². The van der Waals surface area contributed by atoms with E-state index in [1.165, 1.54) is 7.11 Å². The first-order valence-electron chi connectivity index (χ1n) is 5.33. The summed E-state index contributed by atoms with van der Waals surface area (Å²) < 4.78 is 9.64. The summed E-state index contributed by atoms with van der Waals surface area (Å²) in [5, 5.41) is 0. The number of carbonyl (C=O) groups excluding carboxylic acids is 2. The summed E-state index contributed by atoms with van der Waals surface area (Å²) in [5.41, 5.74) is -2.38. The Morgan fingerprint density at radius 2 is 2.41 bits per heavy atom. The number of methoxy groups -OCH3 is 1. The topological polar surface area (TPSA) is 52.6 Å². The number of hydrogen-bond acceptors (Lipinski definition) is 4. The van der Waals surface area contributed by atoms with Crippen LogP contribution in [0, 0.1) is 23.2 Å². The second-order valence-electron chi connectivity index (χ2n) is 4.35. The third-order valence-corrected chi connectivity index (χ3v) is 3.34. The molecule has 0 aromatic carbocycles. The first kappa shape index (κ1) is 13.3. The maximum Gasteiger partial charge on any atom is 0.336 e. The van der Waals surface area contributed by atoms with Crippen LogP contribution < -0.4 is 0 Å². The monoisotopic (exact) mass is 236 g/mol. The van der Waals surface area contributed by atoms with Gasteiger partial charge >= 0.3 is 11.9 Å². The van der Waals surface area contributed by atoms with Crippen molar-refractivity contribution in [3.63, 3.8) is 0 Å². The molecule has 0 aromatic rings. The molecule has 0 amide bonds. The van der Waals surface area contributed by atoms with E-state index in [1.54, 1.807) is 13.0 Å². The molecule has 0 N–H and O–H groups in total. The van der Waals surface area contributed by atoms with E-state index >= 15 is 0 Å². The van der Waals surface area contributed by atoms with Crippen LogP contribution in [0.25, 0.3) is 0 Å². The summed E-state index contributed by atoms with van der Waals surface area (Å²) in [6.07, 6.45) is 8.31. The zero-order chi connectivity index (χ0) is 13.1. The Hall–Kier alpha value is -1.76. The molecule has 0 radical (unpaired) electrons. The minimum atomic E-state index is -1.63. The van der Waals surface area contributed by atoms with E-state index in [9.17, 15) is 9.59 Å². The van der Waals surface area contributed by atoms with E-state index in [2.05, 4.69) is 17.2 Å². The number of allylic oxidation sites excluding steroid dienone is 1. The molecule has 2 atom stereocenters. The van der Waals surface area contributed by atoms with E-state index < -0.39 is 22.8 Å². The number of cyclic esters (lactones) is 1. The van der Waals surface area contributed by atoms with Crippen molar-refractivity contribution >= 4 is 11.9 Å². The van der Waals surface area contributed by atoms with Crippen molar-refractivity contribution in [1.29, 1.82) is 0 Å². The summed E-state index contributed by atoms with van der Waals surface area (Å²) in [4.78, 5) is 23.7. The smallest absolute Gasteiger partial charge is 0.336 e. The van der Waals surface area contributed by atoms with Crippen LogP contribution in [0.5, 0.6) is 0 Å². The predicted molar refractivity (Wildman–Crippen MR) is 61.8 cm³/mol. The van der Waals surface area contributed by atoms with E-state index in [0.717, 1.165) is 0 Å². The van der Waals surface area contributed by atoms with Crippen molar-refractivity contribution < 1.29 is 19.1 Å². The lowest BCUT2D eigenvalue weighted by molar-refractivity contribution is -0.161. The highest BCUT2D eigenvalue weighted by molar-refractivity contribution is 6.05. The molecule has 1 aliphatic heterocycles. The van der Waals surface area contributed by atoms with Gasteiger partial charge < -0.3 is 9.47 Å². The fourth-order valence-corrected chi connectivity index (χ4v) is 2.14. The lowest BCUT2D eigenvalue weighted by atomic mass is 9.64. The Kier molecular flexibility index (Phi) is 3.62. The molecule has 1 rings (SSSR count). The fraction of sp³-hybridized carbons (Fsp3) is 0.538. The molecule has 4 heteroatoms. The van der Waals surface area contributed by atoms with Crippen LogP contribution in [0.4, 0.5) is 0 Å². The minimum absolute atomic E-state index is 0.124. The second-order valence-corrected chi connectivity index (χ2v) is 4.35. The molecule has 0 aromatic heterocycles. The maximum atomic E-state index is 11.9. The van der Waals surface area contributed by atoms with Gasteiger partial charge in [-0.15, -0.1) is 13.0 Å². The number of hydrogen-bond donors (Lipinski definition) is 0. The third kappa shape index (κ3) is 1.72. The van der Waals surface area contributed by atoms with Gasteiger partial charge in [0.2, 0.25) is 5.41 Å². The molecule has 0 saturated carbocycles. The molecular weight excluding hydrogens is 220 g/mol. The SMILES string of the molecule is C#C[C@]1(C(=O)OC)C(=O)OC[C@]1(C)CCC=C. The minimum Gasteiger partial charge on any atom is -0.467 e. The molecule has 1 heterocycles. The Balaban J connectivity index is 3.22. The summed E-state index contributed by atoms with van der Waals surface area (Å²) in [6, 6.07) is 0. The molecule has 1 saturated heterocycles. The molecule has 4 nitrogen and oxygen atoms in total. The normalized spacial score (nSPS) is 31.5. The lowest BCUT2D eigenvalue weighted by Gasteiger charge is -2.32. The van der Waals surface area contributed by atoms with Gasteiger partial charge in [0.25, 0.3) is 0 Å². The summed E-state index contributed by atoms with van der Waals surface area (Å²) in [7, 11) is 1.21. The average Bonchev–Trinajstić information content (AvgIpc) is 2.59. The number of carbonyl (C=O) groups is 2. The molecule has 92 valence electrons. The summed E-state index contributed by atoms with van der Waals surface area (Å²) in [5.74, 6) is 0.870. The average molecular weight is 236 g/mol. The van der Waals surface area contributed by atoms with Gasteiger partial charge in [-0.3, -0.25) is 0 Å². The van der Waals surface area contributed by atoms with Crippen LogP contribution in [-0.4, -0.2) is 25.7 Å². The van der Waals surface area contributed by atoms with Crippen LogP contribution in [0.15, 0.2) is 12.7 Å². The van der Waals surface area contributed by atoms with Gasteiger partial charge in [-0.2, -0.15) is 0 Å². The molecule has 0 spiro atoms. The fourth-order valence-electron chi connectivity index (χ4n) is 2.14. The lowest BCUT2D eigenvalue weighted by Crippen LogP contribution is -2.47. The Labute approximate surface area is 101 Å². The Morgan fingerprint density at radius 1 is 1.76 bits per heavy atom. The van der Waals surface area contributed by atoms with E-state index in [-0.39, 0.29) is 6.61 Å². The van der Waals surface area contributed by atoms with Crippen molar-refractivity contribution in [3.8, 4) is 12.3 Å². The third-order valence-electron chi connectivity index (χ3n) is 3.34. The van der Waals surface area contributed by atoms with Crippen LogP contribution >= 0.6 is 0 Å².